The molecule has 1 aliphatic carbocycles. The first-order valence-electron chi connectivity index (χ1n) is 22.8. The van der Waals surface area contributed by atoms with Gasteiger partial charge in [0.25, 0.3) is 0 Å². The van der Waals surface area contributed by atoms with Gasteiger partial charge in [0.05, 0.1) is 22.1 Å². The second-order valence-corrected chi connectivity index (χ2v) is 19.1. The molecule has 1 aliphatic rings. The molecule has 0 aliphatic heterocycles. The Kier molecular flexibility index (Phi) is 8.83. The van der Waals surface area contributed by atoms with Crippen LogP contribution in [0.5, 0.6) is 0 Å². The Balaban J connectivity index is 1.06. The second kappa shape index (κ2) is 14.7. The summed E-state index contributed by atoms with van der Waals surface area (Å²) in [6.45, 7) is 12.1. The van der Waals surface area contributed by atoms with E-state index >= 15 is 0 Å². The minimum atomic E-state index is 0.0885. The van der Waals surface area contributed by atoms with Crippen molar-refractivity contribution >= 4 is 43.6 Å². The van der Waals surface area contributed by atoms with Crippen LogP contribution in [0.2, 0.25) is 0 Å². The third-order valence-electron chi connectivity index (χ3n) is 14.5. The minimum absolute atomic E-state index is 0.0885. The van der Waals surface area contributed by atoms with Gasteiger partial charge in [-0.15, -0.1) is 0 Å². The first-order chi connectivity index (χ1) is 31.7. The Labute approximate surface area is 379 Å². The van der Waals surface area contributed by atoms with Crippen molar-refractivity contribution in [2.24, 2.45) is 5.92 Å². The Morgan fingerprint density at radius 2 is 0.969 bits per heavy atom. The molecule has 0 fully saturated rings. The Bertz CT molecular complexity index is 3570. The number of hydrogen-bond acceptors (Lipinski definition) is 3. The van der Waals surface area contributed by atoms with Crippen molar-refractivity contribution in [3.63, 3.8) is 0 Å². The Hall–Kier alpha value is -7.63. The highest BCUT2D eigenvalue weighted by molar-refractivity contribution is 6.23. The van der Waals surface area contributed by atoms with Gasteiger partial charge in [0.2, 0.25) is 5.95 Å². The van der Waals surface area contributed by atoms with E-state index in [2.05, 4.69) is 195 Å². The zero-order valence-electron chi connectivity index (χ0n) is 37.4. The van der Waals surface area contributed by atoms with Crippen molar-refractivity contribution in [2.45, 2.75) is 51.9 Å². The van der Waals surface area contributed by atoms with Gasteiger partial charge < -0.3 is 4.57 Å². The van der Waals surface area contributed by atoms with Crippen molar-refractivity contribution in [2.75, 3.05) is 0 Å². The third kappa shape index (κ3) is 6.17. The van der Waals surface area contributed by atoms with Gasteiger partial charge in [-0.1, -0.05) is 198 Å². The van der Waals surface area contributed by atoms with E-state index < -0.39 is 0 Å². The SMILES string of the molecule is CC1CC(C)(C)c2c(-c3ccc(-c4cccc(-n5c6ccccc6c6ccc7c8ccccc8n(-c8nc(-c9ccccc9)nc(-c9ccccc9)n8)c7c65)c4)cc3)cccc2C1(C)C. The summed E-state index contributed by atoms with van der Waals surface area (Å²) in [5.41, 5.74) is 15.4. The summed E-state index contributed by atoms with van der Waals surface area (Å²) < 4.78 is 4.70. The normalized spacial score (nSPS) is 15.5. The molecule has 3 aromatic heterocycles. The Morgan fingerprint density at radius 3 is 1.60 bits per heavy atom. The lowest BCUT2D eigenvalue weighted by Gasteiger charge is -2.47. The molecule has 8 aromatic carbocycles. The molecule has 1 unspecified atom stereocenters. The average Bonchev–Trinajstić information content (AvgIpc) is 3.87. The predicted octanol–water partition coefficient (Wildman–Crippen LogP) is 15.3. The molecule has 11 aromatic rings. The van der Waals surface area contributed by atoms with Gasteiger partial charge in [0, 0.05) is 38.4 Å². The highest BCUT2D eigenvalue weighted by Gasteiger charge is 2.43. The van der Waals surface area contributed by atoms with E-state index in [9.17, 15) is 0 Å². The van der Waals surface area contributed by atoms with Gasteiger partial charge in [0.1, 0.15) is 0 Å². The van der Waals surface area contributed by atoms with E-state index in [0.717, 1.165) is 55.2 Å². The number of hydrogen-bond donors (Lipinski definition) is 0. The maximum absolute atomic E-state index is 5.29. The molecule has 12 rings (SSSR count). The van der Waals surface area contributed by atoms with Crippen LogP contribution in [-0.2, 0) is 10.8 Å². The van der Waals surface area contributed by atoms with E-state index in [1.54, 1.807) is 0 Å². The van der Waals surface area contributed by atoms with Crippen molar-refractivity contribution in [1.82, 2.24) is 24.1 Å². The standard InChI is InChI=1S/C60H49N5/c1-38-37-59(2,3)53-45(26-17-27-50(53)60(38,4)5)40-32-30-39(31-33-40)43-22-16-23-44(36-43)64-51-28-14-12-24-46(51)48-34-35-49-47-25-13-15-29-52(47)65(55(49)54(48)64)58-62-56(41-18-8-6-9-19-41)61-57(63-58)42-20-10-7-11-21-42/h6-36,38H,37H2,1-5H3. The minimum Gasteiger partial charge on any atom is -0.307 e. The van der Waals surface area contributed by atoms with Crippen molar-refractivity contribution in [1.29, 1.82) is 0 Å². The zero-order valence-corrected chi connectivity index (χ0v) is 37.4. The number of aromatic nitrogens is 5. The summed E-state index contributed by atoms with van der Waals surface area (Å²) in [4.78, 5) is 15.6. The number of para-hydroxylation sites is 2. The van der Waals surface area contributed by atoms with Gasteiger partial charge in [-0.25, -0.2) is 4.98 Å². The molecule has 0 amide bonds. The topological polar surface area (TPSA) is 48.5 Å². The monoisotopic (exact) mass is 839 g/mol. The van der Waals surface area contributed by atoms with Crippen LogP contribution in [0.3, 0.4) is 0 Å². The van der Waals surface area contributed by atoms with Crippen LogP contribution in [-0.4, -0.2) is 24.1 Å². The second-order valence-electron chi connectivity index (χ2n) is 19.1. The molecule has 0 bridgehead atoms. The quantitative estimate of drug-likeness (QED) is 0.168. The maximum Gasteiger partial charge on any atom is 0.238 e. The van der Waals surface area contributed by atoms with Gasteiger partial charge in [-0.3, -0.25) is 4.57 Å². The van der Waals surface area contributed by atoms with Crippen molar-refractivity contribution < 1.29 is 0 Å². The van der Waals surface area contributed by atoms with Crippen LogP contribution in [0.1, 0.15) is 52.2 Å². The maximum atomic E-state index is 5.29. The molecule has 0 saturated carbocycles. The number of nitrogens with zero attached hydrogens (tertiary/aromatic N) is 5. The fourth-order valence-electron chi connectivity index (χ4n) is 11.0. The highest BCUT2D eigenvalue weighted by atomic mass is 15.2. The summed E-state index contributed by atoms with van der Waals surface area (Å²) in [6, 6.07) is 67.6. The first kappa shape index (κ1) is 39.0. The average molecular weight is 840 g/mol. The first-order valence-corrected chi connectivity index (χ1v) is 22.8. The van der Waals surface area contributed by atoms with E-state index in [-0.39, 0.29) is 10.8 Å². The van der Waals surface area contributed by atoms with Crippen LogP contribution in [0.4, 0.5) is 0 Å². The lowest BCUT2D eigenvalue weighted by molar-refractivity contribution is 0.234. The number of fused-ring (bicyclic) bond motifs is 8. The van der Waals surface area contributed by atoms with Crippen LogP contribution in [0, 0.1) is 5.92 Å². The van der Waals surface area contributed by atoms with E-state index in [0.29, 0.717) is 23.5 Å². The van der Waals surface area contributed by atoms with Gasteiger partial charge in [0.15, 0.2) is 11.6 Å². The van der Waals surface area contributed by atoms with Gasteiger partial charge in [-0.05, 0) is 80.8 Å². The molecule has 0 spiro atoms. The summed E-state index contributed by atoms with van der Waals surface area (Å²) >= 11 is 0. The molecule has 5 nitrogen and oxygen atoms in total. The molecule has 3 heterocycles. The van der Waals surface area contributed by atoms with Crippen LogP contribution in [0.15, 0.2) is 188 Å². The fourth-order valence-corrected chi connectivity index (χ4v) is 11.0. The Morgan fingerprint density at radius 1 is 0.446 bits per heavy atom. The largest absolute Gasteiger partial charge is 0.307 e. The van der Waals surface area contributed by atoms with E-state index in [1.165, 1.54) is 45.0 Å². The summed E-state index contributed by atoms with van der Waals surface area (Å²) in [7, 11) is 0. The summed E-state index contributed by atoms with van der Waals surface area (Å²) in [5, 5.41) is 4.63. The van der Waals surface area contributed by atoms with Crippen molar-refractivity contribution in [3.8, 4) is 56.7 Å². The summed E-state index contributed by atoms with van der Waals surface area (Å²) in [5.74, 6) is 2.43. The molecule has 0 saturated heterocycles. The molecular weight excluding hydrogens is 791 g/mol. The summed E-state index contributed by atoms with van der Waals surface area (Å²) in [6.07, 6.45) is 1.17. The molecule has 314 valence electrons. The lowest BCUT2D eigenvalue weighted by atomic mass is 9.57. The van der Waals surface area contributed by atoms with Gasteiger partial charge >= 0.3 is 0 Å². The third-order valence-corrected chi connectivity index (χ3v) is 14.5. The zero-order chi connectivity index (χ0) is 44.0. The molecule has 0 radical (unpaired) electrons. The van der Waals surface area contributed by atoms with E-state index in [1.807, 2.05) is 36.4 Å². The lowest BCUT2D eigenvalue weighted by Crippen LogP contribution is -2.40. The van der Waals surface area contributed by atoms with Crippen LogP contribution < -0.4 is 0 Å². The molecular formula is C60H49N5. The number of benzene rings is 8. The molecule has 1 atom stereocenters. The van der Waals surface area contributed by atoms with Crippen LogP contribution >= 0.6 is 0 Å². The van der Waals surface area contributed by atoms with E-state index in [4.69, 9.17) is 15.0 Å². The molecule has 0 N–H and O–H groups in total. The smallest absolute Gasteiger partial charge is 0.238 e. The predicted molar refractivity (Wildman–Crippen MR) is 270 cm³/mol. The fraction of sp³-hybridized carbons (Fsp3) is 0.150. The van der Waals surface area contributed by atoms with Gasteiger partial charge in [-0.2, -0.15) is 9.97 Å². The highest BCUT2D eigenvalue weighted by Crippen LogP contribution is 2.52. The van der Waals surface area contributed by atoms with Crippen LogP contribution in [0.25, 0.3) is 100 Å². The number of rotatable bonds is 6. The molecule has 65 heavy (non-hydrogen) atoms. The molecule has 5 heteroatoms. The van der Waals surface area contributed by atoms with Crippen molar-refractivity contribution in [3.05, 3.63) is 199 Å².